The van der Waals surface area contributed by atoms with Crippen molar-refractivity contribution >= 4 is 21.6 Å². The van der Waals surface area contributed by atoms with Crippen LogP contribution in [0, 0.1) is 16.0 Å². The third-order valence-corrected chi connectivity index (χ3v) is 4.23. The summed E-state index contributed by atoms with van der Waals surface area (Å²) in [5.41, 5.74) is 1.05. The fourth-order valence-corrected chi connectivity index (χ4v) is 2.61. The Labute approximate surface area is 129 Å². The molecule has 1 rings (SSSR count). The first-order chi connectivity index (χ1) is 9.41. The third kappa shape index (κ3) is 5.59. The van der Waals surface area contributed by atoms with E-state index in [-0.39, 0.29) is 10.6 Å². The number of nitro groups is 1. The molecule has 5 heteroatoms. The molecule has 0 fully saturated rings. The first-order valence-corrected chi connectivity index (χ1v) is 7.86. The lowest BCUT2D eigenvalue weighted by atomic mass is 10.0. The van der Waals surface area contributed by atoms with Gasteiger partial charge in [-0.2, -0.15) is 0 Å². The predicted molar refractivity (Wildman–Crippen MR) is 85.8 cm³/mol. The van der Waals surface area contributed by atoms with E-state index in [4.69, 9.17) is 0 Å². The van der Waals surface area contributed by atoms with Gasteiger partial charge in [0.15, 0.2) is 0 Å². The highest BCUT2D eigenvalue weighted by atomic mass is 79.9. The molecule has 0 spiro atoms. The van der Waals surface area contributed by atoms with E-state index in [1.54, 1.807) is 6.07 Å². The maximum Gasteiger partial charge on any atom is 0.283 e. The molecule has 1 N–H and O–H groups in total. The Balaban J connectivity index is 2.49. The van der Waals surface area contributed by atoms with Gasteiger partial charge >= 0.3 is 0 Å². The number of hydrogen-bond acceptors (Lipinski definition) is 3. The average Bonchev–Trinajstić information content (AvgIpc) is 2.36. The second-order valence-electron chi connectivity index (χ2n) is 5.61. The molecule has 0 amide bonds. The fourth-order valence-electron chi connectivity index (χ4n) is 2.06. The molecule has 0 aliphatic carbocycles. The first-order valence-electron chi connectivity index (χ1n) is 7.07. The van der Waals surface area contributed by atoms with Crippen molar-refractivity contribution in [3.63, 3.8) is 0 Å². The van der Waals surface area contributed by atoms with Crippen LogP contribution in [0.25, 0.3) is 0 Å². The van der Waals surface area contributed by atoms with Crippen molar-refractivity contribution in [3.05, 3.63) is 38.3 Å². The summed E-state index contributed by atoms with van der Waals surface area (Å²) in [5, 5.41) is 14.3. The highest BCUT2D eigenvalue weighted by Crippen LogP contribution is 2.28. The van der Waals surface area contributed by atoms with Crippen LogP contribution < -0.4 is 5.32 Å². The van der Waals surface area contributed by atoms with E-state index in [0.29, 0.717) is 17.1 Å². The van der Waals surface area contributed by atoms with Crippen molar-refractivity contribution in [1.82, 2.24) is 5.32 Å². The zero-order valence-electron chi connectivity index (χ0n) is 12.4. The molecular weight excluding hydrogens is 320 g/mol. The van der Waals surface area contributed by atoms with Gasteiger partial charge in [0.2, 0.25) is 0 Å². The molecule has 4 nitrogen and oxygen atoms in total. The lowest BCUT2D eigenvalue weighted by molar-refractivity contribution is -0.385. The Bertz CT molecular complexity index is 449. The van der Waals surface area contributed by atoms with E-state index < -0.39 is 0 Å². The number of hydrogen-bond donors (Lipinski definition) is 1. The van der Waals surface area contributed by atoms with Gasteiger partial charge in [-0.15, -0.1) is 0 Å². The van der Waals surface area contributed by atoms with Gasteiger partial charge in [0.05, 0.1) is 9.40 Å². The summed E-state index contributed by atoms with van der Waals surface area (Å²) >= 11 is 3.32. The molecule has 0 saturated carbocycles. The summed E-state index contributed by atoms with van der Waals surface area (Å²) in [6.07, 6.45) is 3.58. The van der Waals surface area contributed by atoms with Crippen LogP contribution in [0.5, 0.6) is 0 Å². The van der Waals surface area contributed by atoms with Gasteiger partial charge in [0, 0.05) is 18.7 Å². The number of benzene rings is 1. The zero-order chi connectivity index (χ0) is 15.1. The maximum atomic E-state index is 10.9. The number of rotatable bonds is 8. The Kier molecular flexibility index (Phi) is 7.16. The maximum absolute atomic E-state index is 10.9. The lowest BCUT2D eigenvalue weighted by Gasteiger charge is -2.15. The van der Waals surface area contributed by atoms with Crippen LogP contribution in [0.4, 0.5) is 5.69 Å². The molecule has 0 radical (unpaired) electrons. The van der Waals surface area contributed by atoms with Crippen molar-refractivity contribution in [2.45, 2.75) is 52.6 Å². The molecule has 1 aromatic carbocycles. The summed E-state index contributed by atoms with van der Waals surface area (Å²) in [4.78, 5) is 10.5. The standard InChI is InChI=1S/C15H23BrN2O2/c1-11(2)6-4-7-12(3)17-10-13-8-5-9-14(15(13)16)18(19)20/h5,8-9,11-12,17H,4,6-7,10H2,1-3H3. The molecule has 0 bridgehead atoms. The highest BCUT2D eigenvalue weighted by molar-refractivity contribution is 9.10. The molecule has 0 aromatic heterocycles. The minimum Gasteiger partial charge on any atom is -0.310 e. The Morgan fingerprint density at radius 2 is 2.00 bits per heavy atom. The molecule has 0 aliphatic heterocycles. The van der Waals surface area contributed by atoms with Gasteiger partial charge in [-0.25, -0.2) is 0 Å². The average molecular weight is 343 g/mol. The van der Waals surface area contributed by atoms with Crippen LogP contribution >= 0.6 is 15.9 Å². The Morgan fingerprint density at radius 1 is 1.30 bits per heavy atom. The number of halogens is 1. The lowest BCUT2D eigenvalue weighted by Crippen LogP contribution is -2.25. The normalized spacial score (nSPS) is 12.7. The minimum atomic E-state index is -0.361. The molecule has 0 aliphatic rings. The Hall–Kier alpha value is -0.940. The number of nitrogens with one attached hydrogen (secondary N) is 1. The van der Waals surface area contributed by atoms with E-state index in [1.165, 1.54) is 18.9 Å². The van der Waals surface area contributed by atoms with E-state index in [0.717, 1.165) is 17.9 Å². The summed E-state index contributed by atoms with van der Waals surface area (Å²) in [6, 6.07) is 5.56. The molecular formula is C15H23BrN2O2. The van der Waals surface area contributed by atoms with Crippen molar-refractivity contribution in [2.75, 3.05) is 0 Å². The predicted octanol–water partition coefficient (Wildman–Crippen LogP) is 4.66. The zero-order valence-corrected chi connectivity index (χ0v) is 13.9. The van der Waals surface area contributed by atoms with Gasteiger partial charge in [-0.05, 0) is 40.8 Å². The topological polar surface area (TPSA) is 55.2 Å². The van der Waals surface area contributed by atoms with E-state index >= 15 is 0 Å². The summed E-state index contributed by atoms with van der Waals surface area (Å²) in [5.74, 6) is 0.744. The van der Waals surface area contributed by atoms with Gasteiger partial charge in [-0.3, -0.25) is 10.1 Å². The highest BCUT2D eigenvalue weighted by Gasteiger charge is 2.14. The molecule has 1 unspecified atom stereocenters. The second kappa shape index (κ2) is 8.37. The second-order valence-corrected chi connectivity index (χ2v) is 6.41. The summed E-state index contributed by atoms with van der Waals surface area (Å²) < 4.78 is 0.576. The fraction of sp³-hybridized carbons (Fsp3) is 0.600. The monoisotopic (exact) mass is 342 g/mol. The molecule has 1 aromatic rings. The third-order valence-electron chi connectivity index (χ3n) is 3.31. The van der Waals surface area contributed by atoms with Gasteiger partial charge in [0.1, 0.15) is 0 Å². The molecule has 20 heavy (non-hydrogen) atoms. The van der Waals surface area contributed by atoms with Crippen LogP contribution in [0.1, 0.15) is 45.6 Å². The number of nitrogens with zero attached hydrogens (tertiary/aromatic N) is 1. The van der Waals surface area contributed by atoms with E-state index in [9.17, 15) is 10.1 Å². The van der Waals surface area contributed by atoms with Crippen LogP contribution in [-0.4, -0.2) is 11.0 Å². The Morgan fingerprint density at radius 3 is 2.60 bits per heavy atom. The van der Waals surface area contributed by atoms with Gasteiger partial charge in [0.25, 0.3) is 5.69 Å². The molecule has 0 heterocycles. The molecule has 0 saturated heterocycles. The smallest absolute Gasteiger partial charge is 0.283 e. The van der Waals surface area contributed by atoms with Crippen molar-refractivity contribution in [2.24, 2.45) is 5.92 Å². The van der Waals surface area contributed by atoms with Crippen LogP contribution in [0.15, 0.2) is 22.7 Å². The van der Waals surface area contributed by atoms with Crippen LogP contribution in [0.3, 0.4) is 0 Å². The first kappa shape index (κ1) is 17.1. The van der Waals surface area contributed by atoms with Crippen molar-refractivity contribution in [3.8, 4) is 0 Å². The summed E-state index contributed by atoms with van der Waals surface area (Å²) in [6.45, 7) is 7.27. The van der Waals surface area contributed by atoms with E-state index in [1.807, 2.05) is 6.07 Å². The van der Waals surface area contributed by atoms with Crippen LogP contribution in [-0.2, 0) is 6.54 Å². The van der Waals surface area contributed by atoms with Crippen LogP contribution in [0.2, 0.25) is 0 Å². The van der Waals surface area contributed by atoms with Gasteiger partial charge < -0.3 is 5.32 Å². The minimum absolute atomic E-state index is 0.122. The van der Waals surface area contributed by atoms with Crippen molar-refractivity contribution < 1.29 is 4.92 Å². The summed E-state index contributed by atoms with van der Waals surface area (Å²) in [7, 11) is 0. The molecule has 112 valence electrons. The van der Waals surface area contributed by atoms with Crippen molar-refractivity contribution in [1.29, 1.82) is 0 Å². The SMILES string of the molecule is CC(C)CCCC(C)NCc1cccc([N+](=O)[O-])c1Br. The number of nitro benzene ring substituents is 1. The largest absolute Gasteiger partial charge is 0.310 e. The quantitative estimate of drug-likeness (QED) is 0.552. The van der Waals surface area contributed by atoms with Gasteiger partial charge in [-0.1, -0.05) is 38.8 Å². The molecule has 1 atom stereocenters. The van der Waals surface area contributed by atoms with E-state index in [2.05, 4.69) is 42.0 Å².